The molecular weight excluding hydrogens is 250 g/mol. The van der Waals surface area contributed by atoms with E-state index < -0.39 is 0 Å². The Kier molecular flexibility index (Phi) is 3.66. The topological polar surface area (TPSA) is 43.0 Å². The number of aryl methyl sites for hydroxylation is 3. The normalized spacial score (nSPS) is 18.9. The molecule has 1 atom stereocenters. The fourth-order valence-corrected chi connectivity index (χ4v) is 3.22. The van der Waals surface area contributed by atoms with Crippen molar-refractivity contribution in [2.45, 2.75) is 52.1 Å². The zero-order chi connectivity index (χ0) is 14.1. The first-order chi connectivity index (χ1) is 9.69. The minimum atomic E-state index is 0.499. The van der Waals surface area contributed by atoms with Crippen molar-refractivity contribution in [2.24, 2.45) is 0 Å². The van der Waals surface area contributed by atoms with Crippen molar-refractivity contribution >= 4 is 0 Å². The zero-order valence-electron chi connectivity index (χ0n) is 12.6. The maximum atomic E-state index is 5.26. The van der Waals surface area contributed by atoms with Gasteiger partial charge in [0, 0.05) is 24.0 Å². The largest absolute Gasteiger partial charge is 0.361 e. The molecule has 0 aliphatic heterocycles. The van der Waals surface area contributed by atoms with Crippen molar-refractivity contribution in [3.8, 4) is 0 Å². The average Bonchev–Trinajstić information content (AvgIpc) is 2.91. The van der Waals surface area contributed by atoms with Gasteiger partial charge in [-0.3, -0.25) is 0 Å². The van der Waals surface area contributed by atoms with Gasteiger partial charge in [0.05, 0.1) is 12.2 Å². The summed E-state index contributed by atoms with van der Waals surface area (Å²) in [6.07, 6.45) is 9.64. The highest BCUT2D eigenvalue weighted by molar-refractivity contribution is 5.31. The third-order valence-electron chi connectivity index (χ3n) is 4.43. The fraction of sp³-hybridized carbons (Fsp3) is 0.562. The molecule has 0 saturated heterocycles. The first kappa shape index (κ1) is 13.4. The van der Waals surface area contributed by atoms with Gasteiger partial charge in [-0.15, -0.1) is 0 Å². The molecule has 1 aliphatic rings. The number of fused-ring (bicyclic) bond motifs is 1. The van der Waals surface area contributed by atoms with Crippen LogP contribution >= 0.6 is 0 Å². The molecule has 3 rings (SSSR count). The molecule has 0 amide bonds. The second-order valence-electron chi connectivity index (χ2n) is 5.80. The van der Waals surface area contributed by atoms with E-state index in [1.165, 1.54) is 42.4 Å². The van der Waals surface area contributed by atoms with Gasteiger partial charge in [-0.05, 0) is 51.3 Å². The number of rotatable bonds is 3. The third-order valence-corrected chi connectivity index (χ3v) is 4.43. The van der Waals surface area contributed by atoms with Crippen LogP contribution in [0.5, 0.6) is 0 Å². The number of hydrogen-bond donors (Lipinski definition) is 1. The zero-order valence-corrected chi connectivity index (χ0v) is 12.6. The van der Waals surface area contributed by atoms with E-state index in [1.807, 2.05) is 13.8 Å². The van der Waals surface area contributed by atoms with Crippen molar-refractivity contribution in [1.82, 2.24) is 15.0 Å². The SMILES string of the molecule is CNC1CCCCc2cn(Cc3c(C)noc3C)cc21. The van der Waals surface area contributed by atoms with Crippen molar-refractivity contribution in [3.63, 3.8) is 0 Å². The molecule has 4 heteroatoms. The average molecular weight is 273 g/mol. The van der Waals surface area contributed by atoms with E-state index in [9.17, 15) is 0 Å². The van der Waals surface area contributed by atoms with Gasteiger partial charge < -0.3 is 14.4 Å². The van der Waals surface area contributed by atoms with Gasteiger partial charge in [0.2, 0.25) is 0 Å². The summed E-state index contributed by atoms with van der Waals surface area (Å²) >= 11 is 0. The molecule has 0 aromatic carbocycles. The highest BCUT2D eigenvalue weighted by Gasteiger charge is 2.20. The monoisotopic (exact) mass is 273 g/mol. The van der Waals surface area contributed by atoms with E-state index in [1.54, 1.807) is 0 Å². The van der Waals surface area contributed by atoms with E-state index in [0.29, 0.717) is 6.04 Å². The van der Waals surface area contributed by atoms with Crippen LogP contribution in [0.4, 0.5) is 0 Å². The first-order valence-electron chi connectivity index (χ1n) is 7.46. The first-order valence-corrected chi connectivity index (χ1v) is 7.46. The van der Waals surface area contributed by atoms with Gasteiger partial charge in [0.25, 0.3) is 0 Å². The summed E-state index contributed by atoms with van der Waals surface area (Å²) in [6, 6.07) is 0.499. The Balaban J connectivity index is 1.89. The molecule has 0 spiro atoms. The summed E-state index contributed by atoms with van der Waals surface area (Å²) in [5, 5.41) is 7.49. The van der Waals surface area contributed by atoms with E-state index in [4.69, 9.17) is 4.52 Å². The quantitative estimate of drug-likeness (QED) is 0.874. The second-order valence-corrected chi connectivity index (χ2v) is 5.80. The van der Waals surface area contributed by atoms with Gasteiger partial charge in [-0.2, -0.15) is 0 Å². The lowest BCUT2D eigenvalue weighted by molar-refractivity contribution is 0.392. The third kappa shape index (κ3) is 2.40. The molecule has 1 aliphatic carbocycles. The van der Waals surface area contributed by atoms with Crippen LogP contribution in [0.3, 0.4) is 0 Å². The number of nitrogens with zero attached hydrogens (tertiary/aromatic N) is 2. The maximum Gasteiger partial charge on any atom is 0.138 e. The molecule has 0 fully saturated rings. The van der Waals surface area contributed by atoms with Crippen LogP contribution in [0.25, 0.3) is 0 Å². The van der Waals surface area contributed by atoms with E-state index in [2.05, 4.69) is 34.5 Å². The van der Waals surface area contributed by atoms with Crippen LogP contribution in [0.15, 0.2) is 16.9 Å². The Morgan fingerprint density at radius 1 is 1.35 bits per heavy atom. The highest BCUT2D eigenvalue weighted by Crippen LogP contribution is 2.29. The minimum Gasteiger partial charge on any atom is -0.361 e. The maximum absolute atomic E-state index is 5.26. The van der Waals surface area contributed by atoms with Crippen LogP contribution in [0.1, 0.15) is 53.4 Å². The van der Waals surface area contributed by atoms with Crippen LogP contribution in [0, 0.1) is 13.8 Å². The van der Waals surface area contributed by atoms with Gasteiger partial charge in [0.15, 0.2) is 0 Å². The Morgan fingerprint density at radius 3 is 2.90 bits per heavy atom. The summed E-state index contributed by atoms with van der Waals surface area (Å²) in [4.78, 5) is 0. The van der Waals surface area contributed by atoms with Gasteiger partial charge in [-0.25, -0.2) is 0 Å². The van der Waals surface area contributed by atoms with Gasteiger partial charge in [0.1, 0.15) is 5.76 Å². The molecule has 2 aromatic heterocycles. The molecule has 1 unspecified atom stereocenters. The van der Waals surface area contributed by atoms with Crippen LogP contribution in [-0.4, -0.2) is 16.8 Å². The molecule has 0 bridgehead atoms. The van der Waals surface area contributed by atoms with E-state index in [-0.39, 0.29) is 0 Å². The Hall–Kier alpha value is -1.55. The Labute approximate surface area is 120 Å². The molecular formula is C16H23N3O. The molecule has 2 heterocycles. The van der Waals surface area contributed by atoms with E-state index in [0.717, 1.165) is 18.0 Å². The second kappa shape index (κ2) is 5.44. The van der Waals surface area contributed by atoms with E-state index >= 15 is 0 Å². The lowest BCUT2D eigenvalue weighted by atomic mass is 10.1. The lowest BCUT2D eigenvalue weighted by Gasteiger charge is -2.13. The summed E-state index contributed by atoms with van der Waals surface area (Å²) < 4.78 is 7.54. The molecule has 108 valence electrons. The smallest absolute Gasteiger partial charge is 0.138 e. The van der Waals surface area contributed by atoms with Crippen molar-refractivity contribution in [1.29, 1.82) is 0 Å². The fourth-order valence-electron chi connectivity index (χ4n) is 3.22. The molecule has 2 aromatic rings. The predicted molar refractivity (Wildman–Crippen MR) is 78.9 cm³/mol. The van der Waals surface area contributed by atoms with Crippen LogP contribution < -0.4 is 5.32 Å². The predicted octanol–water partition coefficient (Wildman–Crippen LogP) is 3.13. The number of hydrogen-bond acceptors (Lipinski definition) is 3. The van der Waals surface area contributed by atoms with Crippen LogP contribution in [-0.2, 0) is 13.0 Å². The van der Waals surface area contributed by atoms with Crippen LogP contribution in [0.2, 0.25) is 0 Å². The number of aromatic nitrogens is 2. The minimum absolute atomic E-state index is 0.499. The van der Waals surface area contributed by atoms with Gasteiger partial charge in [-0.1, -0.05) is 11.6 Å². The Morgan fingerprint density at radius 2 is 2.20 bits per heavy atom. The summed E-state index contributed by atoms with van der Waals surface area (Å²) in [6.45, 7) is 4.85. The summed E-state index contributed by atoms with van der Waals surface area (Å²) in [5.41, 5.74) is 5.16. The summed E-state index contributed by atoms with van der Waals surface area (Å²) in [5.74, 6) is 0.927. The molecule has 20 heavy (non-hydrogen) atoms. The summed E-state index contributed by atoms with van der Waals surface area (Å²) in [7, 11) is 2.06. The standard InChI is InChI=1S/C16H23N3O/c1-11-14(12(2)20-18-11)9-19-8-13-6-4-5-7-16(17-3)15(13)10-19/h8,10,16-17H,4-7,9H2,1-3H3. The molecule has 1 N–H and O–H groups in total. The van der Waals surface area contributed by atoms with Gasteiger partial charge >= 0.3 is 0 Å². The van der Waals surface area contributed by atoms with Crippen molar-refractivity contribution < 1.29 is 4.52 Å². The number of nitrogens with one attached hydrogen (secondary N) is 1. The molecule has 4 nitrogen and oxygen atoms in total. The molecule has 0 saturated carbocycles. The Bertz CT molecular complexity index is 577. The van der Waals surface area contributed by atoms with Crippen molar-refractivity contribution in [2.75, 3.05) is 7.05 Å². The molecule has 0 radical (unpaired) electrons. The highest BCUT2D eigenvalue weighted by atomic mass is 16.5. The lowest BCUT2D eigenvalue weighted by Crippen LogP contribution is -2.15. The van der Waals surface area contributed by atoms with Crippen molar-refractivity contribution in [3.05, 3.63) is 40.5 Å².